The molecule has 24 heavy (non-hydrogen) atoms. The molecule has 2 aromatic carbocycles. The van der Waals surface area contributed by atoms with E-state index < -0.39 is 6.09 Å². The van der Waals surface area contributed by atoms with E-state index in [0.717, 1.165) is 22.2 Å². The summed E-state index contributed by atoms with van der Waals surface area (Å²) in [6.45, 7) is 1.76. The van der Waals surface area contributed by atoms with Gasteiger partial charge < -0.3 is 10.4 Å². The molecule has 0 saturated heterocycles. The van der Waals surface area contributed by atoms with Gasteiger partial charge >= 0.3 is 6.09 Å². The molecule has 1 aromatic heterocycles. The van der Waals surface area contributed by atoms with Crippen LogP contribution in [0.15, 0.2) is 54.7 Å². The Balaban J connectivity index is 1.96. The van der Waals surface area contributed by atoms with Crippen LogP contribution >= 0.6 is 0 Å². The standard InChI is InChI=1S/C18H16FN3O2/c1-12(21-18(23)24)5-6-13-3-2-4-17-16(13)11-20-22(17)15-9-7-14(19)8-10-15/h2-12,21H,1H3,(H,23,24)/t12-/m0/s1. The quantitative estimate of drug-likeness (QED) is 0.766. The summed E-state index contributed by atoms with van der Waals surface area (Å²) < 4.78 is 14.8. The Morgan fingerprint density at radius 2 is 2.04 bits per heavy atom. The Morgan fingerprint density at radius 3 is 2.75 bits per heavy atom. The highest BCUT2D eigenvalue weighted by Gasteiger charge is 2.08. The van der Waals surface area contributed by atoms with Crippen molar-refractivity contribution in [3.05, 3.63) is 66.1 Å². The number of benzene rings is 2. The highest BCUT2D eigenvalue weighted by molar-refractivity contribution is 5.89. The van der Waals surface area contributed by atoms with Gasteiger partial charge in [-0.15, -0.1) is 0 Å². The third kappa shape index (κ3) is 3.27. The highest BCUT2D eigenvalue weighted by atomic mass is 19.1. The lowest BCUT2D eigenvalue weighted by molar-refractivity contribution is 0.193. The molecule has 0 fully saturated rings. The maximum absolute atomic E-state index is 13.1. The van der Waals surface area contributed by atoms with Crippen molar-refractivity contribution < 1.29 is 14.3 Å². The van der Waals surface area contributed by atoms with E-state index in [-0.39, 0.29) is 11.9 Å². The van der Waals surface area contributed by atoms with Gasteiger partial charge in [0.15, 0.2) is 0 Å². The summed E-state index contributed by atoms with van der Waals surface area (Å²) in [6.07, 6.45) is 4.32. The molecule has 2 N–H and O–H groups in total. The topological polar surface area (TPSA) is 67.2 Å². The van der Waals surface area contributed by atoms with Gasteiger partial charge in [-0.1, -0.05) is 24.3 Å². The Hall–Kier alpha value is -3.15. The number of rotatable bonds is 4. The monoisotopic (exact) mass is 325 g/mol. The van der Waals surface area contributed by atoms with E-state index in [4.69, 9.17) is 5.11 Å². The van der Waals surface area contributed by atoms with Crippen molar-refractivity contribution in [3.8, 4) is 5.69 Å². The van der Waals surface area contributed by atoms with Gasteiger partial charge in [-0.25, -0.2) is 13.9 Å². The van der Waals surface area contributed by atoms with Crippen LogP contribution in [0.2, 0.25) is 0 Å². The van der Waals surface area contributed by atoms with Crippen LogP contribution in [0.4, 0.5) is 9.18 Å². The van der Waals surface area contributed by atoms with Crippen LogP contribution in [0.25, 0.3) is 22.7 Å². The van der Waals surface area contributed by atoms with E-state index in [1.807, 2.05) is 24.3 Å². The molecule has 0 aliphatic carbocycles. The lowest BCUT2D eigenvalue weighted by atomic mass is 10.1. The molecule has 0 unspecified atom stereocenters. The fourth-order valence-electron chi connectivity index (χ4n) is 2.50. The first-order valence-corrected chi connectivity index (χ1v) is 7.45. The van der Waals surface area contributed by atoms with Crippen molar-refractivity contribution in [2.45, 2.75) is 13.0 Å². The number of carbonyl (C=O) groups is 1. The number of hydrogen-bond acceptors (Lipinski definition) is 2. The molecule has 1 heterocycles. The molecule has 6 heteroatoms. The molecule has 0 saturated carbocycles. The Kier molecular flexibility index (Phi) is 4.29. The lowest BCUT2D eigenvalue weighted by Gasteiger charge is -2.06. The van der Waals surface area contributed by atoms with Gasteiger partial charge in [0.05, 0.1) is 17.4 Å². The van der Waals surface area contributed by atoms with Crippen LogP contribution in [0.5, 0.6) is 0 Å². The molecule has 0 radical (unpaired) electrons. The first-order valence-electron chi connectivity index (χ1n) is 7.45. The minimum Gasteiger partial charge on any atom is -0.465 e. The second-order valence-corrected chi connectivity index (χ2v) is 5.41. The molecular formula is C18H16FN3O2. The molecule has 3 rings (SSSR count). The number of halogens is 1. The van der Waals surface area contributed by atoms with Crippen LogP contribution in [-0.4, -0.2) is 27.0 Å². The number of amides is 1. The van der Waals surface area contributed by atoms with Crippen LogP contribution < -0.4 is 5.32 Å². The number of nitrogens with zero attached hydrogens (tertiary/aromatic N) is 2. The second-order valence-electron chi connectivity index (χ2n) is 5.41. The van der Waals surface area contributed by atoms with E-state index in [9.17, 15) is 9.18 Å². The van der Waals surface area contributed by atoms with Crippen LogP contribution in [0.3, 0.4) is 0 Å². The molecule has 1 amide bonds. The maximum Gasteiger partial charge on any atom is 0.405 e. The van der Waals surface area contributed by atoms with Gasteiger partial charge in [0.1, 0.15) is 5.82 Å². The molecule has 0 aliphatic rings. The minimum atomic E-state index is -1.06. The van der Waals surface area contributed by atoms with Crippen LogP contribution in [0, 0.1) is 5.82 Å². The van der Waals surface area contributed by atoms with Crippen molar-refractivity contribution >= 4 is 23.1 Å². The average Bonchev–Trinajstić information content (AvgIpc) is 2.97. The number of fused-ring (bicyclic) bond motifs is 1. The lowest BCUT2D eigenvalue weighted by Crippen LogP contribution is -2.29. The summed E-state index contributed by atoms with van der Waals surface area (Å²) in [7, 11) is 0. The Labute approximate surface area is 138 Å². The SMILES string of the molecule is C[C@@H](C=Cc1cccc2c1cnn2-c1ccc(F)cc1)NC(=O)O. The van der Waals surface area contributed by atoms with E-state index >= 15 is 0 Å². The number of hydrogen-bond donors (Lipinski definition) is 2. The summed E-state index contributed by atoms with van der Waals surface area (Å²) >= 11 is 0. The Bertz CT molecular complexity index is 900. The van der Waals surface area contributed by atoms with Crippen molar-refractivity contribution in [3.63, 3.8) is 0 Å². The van der Waals surface area contributed by atoms with Gasteiger partial charge in [-0.05, 0) is 42.8 Å². The third-order valence-electron chi connectivity index (χ3n) is 3.63. The van der Waals surface area contributed by atoms with Gasteiger partial charge in [-0.2, -0.15) is 5.10 Å². The summed E-state index contributed by atoms with van der Waals surface area (Å²) in [4.78, 5) is 10.6. The van der Waals surface area contributed by atoms with E-state index in [0.29, 0.717) is 0 Å². The van der Waals surface area contributed by atoms with Crippen molar-refractivity contribution in [1.82, 2.24) is 15.1 Å². The fourth-order valence-corrected chi connectivity index (χ4v) is 2.50. The van der Waals surface area contributed by atoms with E-state index in [1.165, 1.54) is 12.1 Å². The van der Waals surface area contributed by atoms with Crippen molar-refractivity contribution in [1.29, 1.82) is 0 Å². The van der Waals surface area contributed by atoms with Gasteiger partial charge in [0, 0.05) is 11.4 Å². The summed E-state index contributed by atoms with van der Waals surface area (Å²) in [5.41, 5.74) is 2.59. The summed E-state index contributed by atoms with van der Waals surface area (Å²) in [6, 6.07) is 11.6. The first kappa shape index (κ1) is 15.7. The molecule has 122 valence electrons. The summed E-state index contributed by atoms with van der Waals surface area (Å²) in [5, 5.41) is 16.4. The van der Waals surface area contributed by atoms with Gasteiger partial charge in [-0.3, -0.25) is 0 Å². The zero-order valence-corrected chi connectivity index (χ0v) is 13.0. The first-order chi connectivity index (χ1) is 11.5. The molecule has 0 aliphatic heterocycles. The molecular weight excluding hydrogens is 309 g/mol. The Morgan fingerprint density at radius 1 is 1.29 bits per heavy atom. The average molecular weight is 325 g/mol. The smallest absolute Gasteiger partial charge is 0.405 e. The minimum absolute atomic E-state index is 0.293. The second kappa shape index (κ2) is 6.54. The number of carboxylic acid groups (broad SMARTS) is 1. The third-order valence-corrected chi connectivity index (χ3v) is 3.63. The van der Waals surface area contributed by atoms with E-state index in [1.54, 1.807) is 36.0 Å². The van der Waals surface area contributed by atoms with Crippen LogP contribution in [-0.2, 0) is 0 Å². The molecule has 5 nitrogen and oxygen atoms in total. The van der Waals surface area contributed by atoms with E-state index in [2.05, 4.69) is 10.4 Å². The zero-order valence-electron chi connectivity index (χ0n) is 13.0. The fraction of sp³-hybridized carbons (Fsp3) is 0.111. The maximum atomic E-state index is 13.1. The van der Waals surface area contributed by atoms with Crippen molar-refractivity contribution in [2.75, 3.05) is 0 Å². The van der Waals surface area contributed by atoms with Crippen LogP contribution in [0.1, 0.15) is 12.5 Å². The molecule has 0 bridgehead atoms. The van der Waals surface area contributed by atoms with Crippen molar-refractivity contribution in [2.24, 2.45) is 0 Å². The van der Waals surface area contributed by atoms with Gasteiger partial charge in [0.25, 0.3) is 0 Å². The molecule has 0 spiro atoms. The normalized spacial score (nSPS) is 12.6. The molecule has 3 aromatic rings. The largest absolute Gasteiger partial charge is 0.465 e. The van der Waals surface area contributed by atoms with Gasteiger partial charge in [0.2, 0.25) is 0 Å². The predicted octanol–water partition coefficient (Wildman–Crippen LogP) is 3.83. The highest BCUT2D eigenvalue weighted by Crippen LogP contribution is 2.23. The number of aromatic nitrogens is 2. The number of nitrogens with one attached hydrogen (secondary N) is 1. The summed E-state index contributed by atoms with van der Waals surface area (Å²) in [5.74, 6) is -0.293. The predicted molar refractivity (Wildman–Crippen MR) is 90.7 cm³/mol. The molecule has 1 atom stereocenters. The zero-order chi connectivity index (χ0) is 17.1.